The zero-order valence-corrected chi connectivity index (χ0v) is 34.2. The van der Waals surface area contributed by atoms with E-state index in [1.165, 1.54) is 19.2 Å². The third kappa shape index (κ3) is 11.4. The van der Waals surface area contributed by atoms with Gasteiger partial charge >= 0.3 is 12.2 Å². The molecule has 56 heavy (non-hydrogen) atoms. The first-order chi connectivity index (χ1) is 26.6. The maximum absolute atomic E-state index is 13.6. The molecule has 1 aliphatic rings. The van der Waals surface area contributed by atoms with E-state index in [2.05, 4.69) is 57.0 Å². The minimum Gasteiger partial charge on any atom is -0.453 e. The molecule has 2 aromatic rings. The number of likely N-dealkylation sites (N-methyl/N-ethyl adjacent to an activating group) is 1. The summed E-state index contributed by atoms with van der Waals surface area (Å²) in [5.74, 6) is 0.273. The van der Waals surface area contributed by atoms with Gasteiger partial charge in [0.2, 0.25) is 11.8 Å². The molecule has 1 aliphatic carbocycles. The van der Waals surface area contributed by atoms with Crippen LogP contribution in [0.3, 0.4) is 0 Å². The molecule has 14 heteroatoms. The first-order valence-electron chi connectivity index (χ1n) is 19.1. The van der Waals surface area contributed by atoms with E-state index >= 15 is 0 Å². The van der Waals surface area contributed by atoms with Crippen molar-refractivity contribution in [1.82, 2.24) is 40.6 Å². The van der Waals surface area contributed by atoms with Crippen molar-refractivity contribution in [2.24, 2.45) is 11.8 Å². The quantitative estimate of drug-likeness (QED) is 0.0942. The number of hydrogen-bond acceptors (Lipinski definition) is 8. The SMILES string of the molecule is C=C(/C=C\C(=C)c1cnc(C2CCCCC2C(=O)N(NC(=O)OC)C(C)C)[nH]1)C(=C)/C=C\C(=C)c1cnc(C(CC)N(CC)C(=O)C(NC(=O)OC)C(C)C)[nH]1. The Morgan fingerprint density at radius 3 is 1.96 bits per heavy atom. The number of nitrogens with zero attached hydrogens (tertiary/aromatic N) is 4. The molecule has 2 aromatic heterocycles. The summed E-state index contributed by atoms with van der Waals surface area (Å²) in [4.78, 5) is 68.8. The van der Waals surface area contributed by atoms with Crippen LogP contribution in [0.5, 0.6) is 0 Å². The topological polar surface area (TPSA) is 175 Å². The van der Waals surface area contributed by atoms with Crippen LogP contribution in [0.25, 0.3) is 11.1 Å². The Balaban J connectivity index is 1.66. The maximum atomic E-state index is 13.6. The van der Waals surface area contributed by atoms with E-state index in [-0.39, 0.29) is 41.7 Å². The Bertz CT molecular complexity index is 1700. The second-order valence-corrected chi connectivity index (χ2v) is 14.4. The third-order valence-electron chi connectivity index (χ3n) is 9.95. The highest BCUT2D eigenvalue weighted by Crippen LogP contribution is 2.38. The molecule has 0 aliphatic heterocycles. The number of allylic oxidation sites excluding steroid dienone is 8. The number of aromatic amines is 2. The molecule has 1 fully saturated rings. The zero-order valence-electron chi connectivity index (χ0n) is 34.2. The van der Waals surface area contributed by atoms with Gasteiger partial charge in [0.1, 0.15) is 17.7 Å². The summed E-state index contributed by atoms with van der Waals surface area (Å²) in [5, 5.41) is 4.01. The minimum atomic E-state index is -0.752. The van der Waals surface area contributed by atoms with Gasteiger partial charge in [-0.25, -0.2) is 30.0 Å². The van der Waals surface area contributed by atoms with Crippen molar-refractivity contribution in [3.05, 3.63) is 97.2 Å². The molecule has 0 saturated heterocycles. The van der Waals surface area contributed by atoms with Gasteiger partial charge in [0.15, 0.2) is 0 Å². The normalized spacial score (nSPS) is 16.7. The number of methoxy groups -OCH3 is 2. The smallest absolute Gasteiger partial charge is 0.425 e. The number of ether oxygens (including phenoxy) is 2. The number of rotatable bonds is 17. The Hall–Kier alpha value is -5.66. The van der Waals surface area contributed by atoms with Crippen LogP contribution >= 0.6 is 0 Å². The molecule has 14 nitrogen and oxygen atoms in total. The van der Waals surface area contributed by atoms with E-state index in [1.54, 1.807) is 17.3 Å². The van der Waals surface area contributed by atoms with Gasteiger partial charge in [-0.3, -0.25) is 9.59 Å². The number of hydrogen-bond donors (Lipinski definition) is 4. The number of imidazole rings is 2. The number of hydrazine groups is 1. The molecule has 2 heterocycles. The number of carbonyl (C=O) groups is 4. The lowest BCUT2D eigenvalue weighted by molar-refractivity contribution is -0.142. The van der Waals surface area contributed by atoms with Crippen molar-refractivity contribution in [3.8, 4) is 0 Å². The zero-order chi connectivity index (χ0) is 41.7. The molecule has 4 amide bonds. The summed E-state index contributed by atoms with van der Waals surface area (Å²) in [7, 11) is 2.53. The van der Waals surface area contributed by atoms with Crippen LogP contribution in [-0.4, -0.2) is 86.7 Å². The van der Waals surface area contributed by atoms with Gasteiger partial charge in [0.05, 0.1) is 44.0 Å². The Morgan fingerprint density at radius 1 is 0.857 bits per heavy atom. The van der Waals surface area contributed by atoms with Gasteiger partial charge in [-0.05, 0) is 68.2 Å². The third-order valence-corrected chi connectivity index (χ3v) is 9.95. The largest absolute Gasteiger partial charge is 0.453 e. The summed E-state index contributed by atoms with van der Waals surface area (Å²) < 4.78 is 9.47. The van der Waals surface area contributed by atoms with Crippen molar-refractivity contribution in [2.75, 3.05) is 20.8 Å². The molecule has 0 radical (unpaired) electrons. The van der Waals surface area contributed by atoms with Crippen molar-refractivity contribution >= 4 is 35.1 Å². The fourth-order valence-electron chi connectivity index (χ4n) is 6.64. The monoisotopic (exact) mass is 772 g/mol. The van der Waals surface area contributed by atoms with Gasteiger partial charge in [0.25, 0.3) is 0 Å². The Kier molecular flexibility index (Phi) is 16.7. The molecule has 3 rings (SSSR count). The molecule has 304 valence electrons. The van der Waals surface area contributed by atoms with Crippen molar-refractivity contribution < 1.29 is 28.7 Å². The molecule has 4 unspecified atom stereocenters. The standard InChI is InChI=1S/C42H60N8O6/c1-13-35(49(14-2)40(52)36(25(3)4)47-41(53)55-11)38-44-24-34(46-38)30(10)22-20-28(8)27(7)19-21-29(9)33-23-43-37(45-33)31-17-15-16-18-32(31)39(51)50(26(5)6)48-42(54)56-12/h19-26,31-32,35-36H,7-10,13-18H2,1-6,11-12H3,(H,43,45)(H,44,46)(H,47,53)(H,48,54)/b21-19-,22-20-. The predicted octanol–water partition coefficient (Wildman–Crippen LogP) is 7.55. The van der Waals surface area contributed by atoms with Gasteiger partial charge in [0, 0.05) is 24.4 Å². The van der Waals surface area contributed by atoms with Crippen LogP contribution in [0.2, 0.25) is 0 Å². The average Bonchev–Trinajstić information content (AvgIpc) is 3.89. The highest BCUT2D eigenvalue weighted by atomic mass is 16.5. The number of H-pyrrole nitrogens is 2. The lowest BCUT2D eigenvalue weighted by Crippen LogP contribution is -2.53. The van der Waals surface area contributed by atoms with Gasteiger partial charge in [-0.1, -0.05) is 84.2 Å². The fourth-order valence-corrected chi connectivity index (χ4v) is 6.64. The summed E-state index contributed by atoms with van der Waals surface area (Å²) >= 11 is 0. The van der Waals surface area contributed by atoms with E-state index in [4.69, 9.17) is 9.47 Å². The maximum Gasteiger partial charge on any atom is 0.425 e. The van der Waals surface area contributed by atoms with Crippen molar-refractivity contribution in [2.45, 2.75) is 97.7 Å². The predicted molar refractivity (Wildman–Crippen MR) is 219 cm³/mol. The number of aromatic nitrogens is 4. The van der Waals surface area contributed by atoms with Gasteiger partial charge in [-0.2, -0.15) is 0 Å². The Morgan fingerprint density at radius 2 is 1.43 bits per heavy atom. The number of alkyl carbamates (subject to hydrolysis) is 1. The second kappa shape index (κ2) is 20.9. The van der Waals surface area contributed by atoms with Crippen molar-refractivity contribution in [1.29, 1.82) is 0 Å². The van der Waals surface area contributed by atoms with E-state index in [0.717, 1.165) is 19.3 Å². The minimum absolute atomic E-state index is 0.144. The van der Waals surface area contributed by atoms with Crippen LogP contribution in [0, 0.1) is 11.8 Å². The van der Waals surface area contributed by atoms with Crippen molar-refractivity contribution in [3.63, 3.8) is 0 Å². The lowest BCUT2D eigenvalue weighted by atomic mass is 9.78. The Labute approximate surface area is 331 Å². The molecule has 4 N–H and O–H groups in total. The first-order valence-corrected chi connectivity index (χ1v) is 19.1. The molecule has 0 spiro atoms. The summed E-state index contributed by atoms with van der Waals surface area (Å²) in [6.07, 6.45) is 13.3. The summed E-state index contributed by atoms with van der Waals surface area (Å²) in [5.41, 5.74) is 6.61. The molecular weight excluding hydrogens is 713 g/mol. The highest BCUT2D eigenvalue weighted by Gasteiger charge is 2.38. The van der Waals surface area contributed by atoms with E-state index in [0.29, 0.717) is 64.7 Å². The van der Waals surface area contributed by atoms with Gasteiger partial charge in [-0.15, -0.1) is 0 Å². The summed E-state index contributed by atoms with van der Waals surface area (Å²) in [6.45, 7) is 28.4. The number of carbonyl (C=O) groups excluding carboxylic acids is 4. The van der Waals surface area contributed by atoms with Crippen LogP contribution < -0.4 is 10.7 Å². The molecular formula is C42H60N8O6. The van der Waals surface area contributed by atoms with E-state index < -0.39 is 18.2 Å². The van der Waals surface area contributed by atoms with Crippen LogP contribution in [0.1, 0.15) is 109 Å². The van der Waals surface area contributed by atoms with Gasteiger partial charge < -0.3 is 29.7 Å². The fraction of sp³-hybridized carbons (Fsp3) is 0.476. The molecule has 0 bridgehead atoms. The van der Waals surface area contributed by atoms with Crippen LogP contribution in [0.15, 0.2) is 74.2 Å². The number of amides is 4. The second-order valence-electron chi connectivity index (χ2n) is 14.4. The van der Waals surface area contributed by atoms with E-state index in [9.17, 15) is 19.2 Å². The number of nitrogens with one attached hydrogen (secondary N) is 4. The summed E-state index contributed by atoms with van der Waals surface area (Å²) in [6, 6.07) is -1.36. The molecule has 0 aromatic carbocycles. The molecule has 4 atom stereocenters. The van der Waals surface area contributed by atoms with Crippen LogP contribution in [0.4, 0.5) is 9.59 Å². The lowest BCUT2D eigenvalue weighted by Gasteiger charge is -2.35. The molecule has 1 saturated carbocycles. The highest BCUT2D eigenvalue weighted by molar-refractivity contribution is 5.86. The first kappa shape index (κ1) is 44.7. The average molecular weight is 773 g/mol. The van der Waals surface area contributed by atoms with Crippen LogP contribution in [-0.2, 0) is 19.1 Å². The van der Waals surface area contributed by atoms with E-state index in [1.807, 2.05) is 65.8 Å².